The van der Waals surface area contributed by atoms with Gasteiger partial charge in [0.2, 0.25) is 5.91 Å². The van der Waals surface area contributed by atoms with Crippen molar-refractivity contribution in [3.05, 3.63) is 40.1 Å². The number of nitrogens with one attached hydrogen (secondary N) is 1. The molecule has 1 aromatic heterocycles. The summed E-state index contributed by atoms with van der Waals surface area (Å²) in [6, 6.07) is 4.82. The number of aromatic nitrogens is 1. The van der Waals surface area contributed by atoms with E-state index in [1.807, 2.05) is 18.2 Å². The highest BCUT2D eigenvalue weighted by atomic mass is 79.9. The van der Waals surface area contributed by atoms with Gasteiger partial charge in [-0.15, -0.1) is 0 Å². The van der Waals surface area contributed by atoms with Gasteiger partial charge in [-0.3, -0.25) is 4.79 Å². The Kier molecular flexibility index (Phi) is 5.88. The lowest BCUT2D eigenvalue weighted by Crippen LogP contribution is -2.42. The molecular formula is C20H21BrN2O5. The van der Waals surface area contributed by atoms with Gasteiger partial charge in [-0.2, -0.15) is 0 Å². The van der Waals surface area contributed by atoms with Gasteiger partial charge in [-0.1, -0.05) is 22.0 Å². The Morgan fingerprint density at radius 1 is 1.21 bits per heavy atom. The van der Waals surface area contributed by atoms with E-state index in [1.54, 1.807) is 13.8 Å². The summed E-state index contributed by atoms with van der Waals surface area (Å²) in [6.45, 7) is 5.16. The zero-order valence-electron chi connectivity index (χ0n) is 15.9. The fourth-order valence-electron chi connectivity index (χ4n) is 3.36. The average molecular weight is 449 g/mol. The van der Waals surface area contributed by atoms with Crippen molar-refractivity contribution in [2.24, 2.45) is 0 Å². The number of amides is 1. The van der Waals surface area contributed by atoms with E-state index >= 15 is 0 Å². The Bertz CT molecular complexity index is 978. The molecule has 0 aliphatic carbocycles. The molecule has 1 aromatic carbocycles. The summed E-state index contributed by atoms with van der Waals surface area (Å²) in [6.07, 6.45) is 1.60. The molecule has 2 aromatic rings. The van der Waals surface area contributed by atoms with Crippen molar-refractivity contribution in [1.82, 2.24) is 9.88 Å². The fraction of sp³-hybridized carbons (Fsp3) is 0.350. The van der Waals surface area contributed by atoms with Gasteiger partial charge in [0.05, 0.1) is 24.5 Å². The minimum absolute atomic E-state index is 0.193. The maximum absolute atomic E-state index is 12.7. The van der Waals surface area contributed by atoms with Crippen LogP contribution in [0.3, 0.4) is 0 Å². The number of carbonyl (C=O) groups is 3. The van der Waals surface area contributed by atoms with Crippen LogP contribution in [0.4, 0.5) is 0 Å². The minimum Gasteiger partial charge on any atom is -0.464 e. The van der Waals surface area contributed by atoms with Crippen LogP contribution in [0.25, 0.3) is 16.5 Å². The summed E-state index contributed by atoms with van der Waals surface area (Å²) in [5.41, 5.74) is 2.33. The number of aromatic amines is 1. The number of rotatable bonds is 4. The molecule has 1 aliphatic rings. The Morgan fingerprint density at radius 3 is 2.57 bits per heavy atom. The smallest absolute Gasteiger partial charge is 0.341 e. The van der Waals surface area contributed by atoms with Crippen molar-refractivity contribution in [3.63, 3.8) is 0 Å². The molecule has 0 saturated heterocycles. The lowest BCUT2D eigenvalue weighted by atomic mass is 10.0. The first kappa shape index (κ1) is 20.1. The predicted molar refractivity (Wildman–Crippen MR) is 107 cm³/mol. The van der Waals surface area contributed by atoms with Crippen molar-refractivity contribution in [2.75, 3.05) is 13.2 Å². The summed E-state index contributed by atoms with van der Waals surface area (Å²) in [5, 5.41) is 0.869. The second-order valence-electron chi connectivity index (χ2n) is 6.33. The zero-order valence-corrected chi connectivity index (χ0v) is 17.5. The van der Waals surface area contributed by atoms with Crippen molar-refractivity contribution in [2.45, 2.75) is 33.2 Å². The lowest BCUT2D eigenvalue weighted by molar-refractivity contribution is -0.152. The second-order valence-corrected chi connectivity index (χ2v) is 7.25. The molecule has 1 N–H and O–H groups in total. The summed E-state index contributed by atoms with van der Waals surface area (Å²) in [7, 11) is 0. The summed E-state index contributed by atoms with van der Waals surface area (Å²) in [5.74, 6) is -1.45. The summed E-state index contributed by atoms with van der Waals surface area (Å²) < 4.78 is 11.3. The van der Waals surface area contributed by atoms with Gasteiger partial charge in [0.25, 0.3) is 0 Å². The third-order valence-electron chi connectivity index (χ3n) is 4.56. The largest absolute Gasteiger partial charge is 0.464 e. The SMILES string of the molecule is CCOC(=O)C1=CN(C(C)=O)C(C(=O)OCC)Cc2c1[nH]c1cc(Br)ccc21. The van der Waals surface area contributed by atoms with Crippen molar-refractivity contribution >= 4 is 50.3 Å². The molecule has 8 heteroatoms. The molecule has 3 rings (SSSR count). The Balaban J connectivity index is 2.24. The number of hydrogen-bond acceptors (Lipinski definition) is 5. The van der Waals surface area contributed by atoms with Gasteiger partial charge < -0.3 is 19.4 Å². The molecule has 1 amide bonds. The molecule has 1 atom stereocenters. The number of hydrogen-bond donors (Lipinski definition) is 1. The summed E-state index contributed by atoms with van der Waals surface area (Å²) in [4.78, 5) is 42.0. The van der Waals surface area contributed by atoms with Crippen LogP contribution >= 0.6 is 15.9 Å². The quantitative estimate of drug-likeness (QED) is 0.725. The van der Waals surface area contributed by atoms with Crippen LogP contribution in [-0.4, -0.2) is 47.0 Å². The molecule has 1 unspecified atom stereocenters. The maximum Gasteiger partial charge on any atom is 0.341 e. The molecule has 0 bridgehead atoms. The highest BCUT2D eigenvalue weighted by molar-refractivity contribution is 9.10. The fourth-order valence-corrected chi connectivity index (χ4v) is 3.73. The Hall–Kier alpha value is -2.61. The van der Waals surface area contributed by atoms with E-state index in [4.69, 9.17) is 9.47 Å². The van der Waals surface area contributed by atoms with Crippen LogP contribution < -0.4 is 0 Å². The van der Waals surface area contributed by atoms with E-state index in [-0.39, 0.29) is 31.1 Å². The van der Waals surface area contributed by atoms with E-state index in [0.29, 0.717) is 5.69 Å². The number of benzene rings is 1. The van der Waals surface area contributed by atoms with E-state index in [1.165, 1.54) is 18.0 Å². The number of esters is 2. The third-order valence-corrected chi connectivity index (χ3v) is 5.05. The summed E-state index contributed by atoms with van der Waals surface area (Å²) >= 11 is 3.44. The van der Waals surface area contributed by atoms with E-state index in [9.17, 15) is 14.4 Å². The minimum atomic E-state index is -0.870. The van der Waals surface area contributed by atoms with Gasteiger partial charge in [-0.25, -0.2) is 9.59 Å². The monoisotopic (exact) mass is 448 g/mol. The van der Waals surface area contributed by atoms with Crippen molar-refractivity contribution in [1.29, 1.82) is 0 Å². The van der Waals surface area contributed by atoms with Crippen LogP contribution in [-0.2, 0) is 30.3 Å². The molecule has 1 aliphatic heterocycles. The lowest BCUT2D eigenvalue weighted by Gasteiger charge is -2.25. The topological polar surface area (TPSA) is 88.7 Å². The number of carbonyl (C=O) groups excluding carboxylic acids is 3. The van der Waals surface area contributed by atoms with Crippen LogP contribution in [0.2, 0.25) is 0 Å². The van der Waals surface area contributed by atoms with Gasteiger partial charge in [0.15, 0.2) is 0 Å². The normalized spacial score (nSPS) is 16.2. The number of fused-ring (bicyclic) bond motifs is 3. The number of halogens is 1. The standard InChI is InChI=1S/C20H21BrN2O5/c1-4-27-19(25)15-10-23(11(3)24)17(20(26)28-5-2)9-14-13-7-6-12(21)8-16(13)22-18(14)15/h6-8,10,17,22H,4-5,9H2,1-3H3. The molecule has 0 saturated carbocycles. The van der Waals surface area contributed by atoms with E-state index < -0.39 is 18.0 Å². The van der Waals surface area contributed by atoms with Crippen molar-refractivity contribution in [3.8, 4) is 0 Å². The van der Waals surface area contributed by atoms with Gasteiger partial charge in [0.1, 0.15) is 6.04 Å². The molecule has 0 spiro atoms. The molecule has 148 valence electrons. The highest BCUT2D eigenvalue weighted by Gasteiger charge is 2.36. The predicted octanol–water partition coefficient (Wildman–Crippen LogP) is 3.17. The molecule has 0 fully saturated rings. The van der Waals surface area contributed by atoms with Gasteiger partial charge >= 0.3 is 11.9 Å². The van der Waals surface area contributed by atoms with E-state index in [2.05, 4.69) is 20.9 Å². The highest BCUT2D eigenvalue weighted by Crippen LogP contribution is 2.34. The molecule has 0 radical (unpaired) electrons. The van der Waals surface area contributed by atoms with Crippen LogP contribution in [0.15, 0.2) is 28.9 Å². The number of H-pyrrole nitrogens is 1. The average Bonchev–Trinajstić information content (AvgIpc) is 2.88. The third kappa shape index (κ3) is 3.69. The van der Waals surface area contributed by atoms with Crippen LogP contribution in [0, 0.1) is 0 Å². The Morgan fingerprint density at radius 2 is 1.93 bits per heavy atom. The van der Waals surface area contributed by atoms with Crippen LogP contribution in [0.1, 0.15) is 32.0 Å². The Labute approximate surface area is 170 Å². The number of nitrogens with zero attached hydrogens (tertiary/aromatic N) is 1. The molecule has 7 nitrogen and oxygen atoms in total. The first-order valence-corrected chi connectivity index (χ1v) is 9.81. The molecule has 28 heavy (non-hydrogen) atoms. The second kappa shape index (κ2) is 8.18. The van der Waals surface area contributed by atoms with Gasteiger partial charge in [-0.05, 0) is 31.5 Å². The number of ether oxygens (including phenoxy) is 2. The van der Waals surface area contributed by atoms with Gasteiger partial charge in [0, 0.05) is 34.9 Å². The van der Waals surface area contributed by atoms with Crippen LogP contribution in [0.5, 0.6) is 0 Å². The maximum atomic E-state index is 12.7. The van der Waals surface area contributed by atoms with E-state index in [0.717, 1.165) is 20.9 Å². The first-order valence-electron chi connectivity index (χ1n) is 9.02. The van der Waals surface area contributed by atoms with Crippen molar-refractivity contribution < 1.29 is 23.9 Å². The molecular weight excluding hydrogens is 428 g/mol. The molecule has 2 heterocycles. The first-order chi connectivity index (χ1) is 13.4. The zero-order chi connectivity index (χ0) is 20.4.